The molecule has 1 aliphatic rings. The first-order valence-electron chi connectivity index (χ1n) is 9.97. The maximum absolute atomic E-state index is 12.8. The molecule has 1 fully saturated rings. The van der Waals surface area contributed by atoms with Crippen molar-refractivity contribution in [2.45, 2.75) is 31.2 Å². The topological polar surface area (TPSA) is 93.1 Å². The van der Waals surface area contributed by atoms with Crippen LogP contribution in [0.2, 0.25) is 5.02 Å². The van der Waals surface area contributed by atoms with Crippen molar-refractivity contribution in [3.8, 4) is 0 Å². The van der Waals surface area contributed by atoms with E-state index in [1.807, 2.05) is 22.9 Å². The van der Waals surface area contributed by atoms with Crippen LogP contribution in [0.3, 0.4) is 0 Å². The fourth-order valence-corrected chi connectivity index (χ4v) is 4.90. The summed E-state index contributed by atoms with van der Waals surface area (Å²) in [6, 6.07) is 15.1. The smallest absolute Gasteiger partial charge is 0.258 e. The Morgan fingerprint density at radius 1 is 1.13 bits per heavy atom. The van der Waals surface area contributed by atoms with Gasteiger partial charge in [-0.25, -0.2) is 8.42 Å². The number of carbonyl (C=O) groups excluding carboxylic acids is 1. The van der Waals surface area contributed by atoms with Crippen LogP contribution in [0.4, 0.5) is 11.4 Å². The third kappa shape index (κ3) is 5.26. The first-order valence-corrected chi connectivity index (χ1v) is 12.2. The Bertz CT molecular complexity index is 1190. The van der Waals surface area contributed by atoms with Gasteiger partial charge in [0.05, 0.1) is 29.7 Å². The van der Waals surface area contributed by atoms with Gasteiger partial charge in [-0.3, -0.25) is 14.2 Å². The van der Waals surface area contributed by atoms with E-state index in [9.17, 15) is 13.2 Å². The van der Waals surface area contributed by atoms with Crippen molar-refractivity contribution < 1.29 is 13.2 Å². The highest BCUT2D eigenvalue weighted by Gasteiger charge is 2.30. The highest BCUT2D eigenvalue weighted by atomic mass is 35.5. The van der Waals surface area contributed by atoms with Gasteiger partial charge in [0.15, 0.2) is 0 Å². The SMILES string of the molecule is CS(=O)(=O)Nc1cc(Cl)cc(NC(=O)c2cnn(C3CCCC3c3ccccc3)c2)c1. The van der Waals surface area contributed by atoms with Crippen LogP contribution in [0.5, 0.6) is 0 Å². The van der Waals surface area contributed by atoms with Crippen molar-refractivity contribution in [2.75, 3.05) is 16.3 Å². The third-order valence-electron chi connectivity index (χ3n) is 5.37. The van der Waals surface area contributed by atoms with Crippen molar-refractivity contribution in [2.24, 2.45) is 0 Å². The van der Waals surface area contributed by atoms with Crippen molar-refractivity contribution in [1.82, 2.24) is 9.78 Å². The van der Waals surface area contributed by atoms with Gasteiger partial charge in [0, 0.05) is 22.8 Å². The Morgan fingerprint density at radius 2 is 1.87 bits per heavy atom. The molecule has 1 amide bonds. The lowest BCUT2D eigenvalue weighted by atomic mass is 9.94. The lowest BCUT2D eigenvalue weighted by molar-refractivity contribution is 0.102. The van der Waals surface area contributed by atoms with Crippen molar-refractivity contribution in [3.05, 3.63) is 77.1 Å². The largest absolute Gasteiger partial charge is 0.322 e. The van der Waals surface area contributed by atoms with E-state index in [2.05, 4.69) is 27.3 Å². The van der Waals surface area contributed by atoms with Crippen LogP contribution in [-0.4, -0.2) is 30.4 Å². The van der Waals surface area contributed by atoms with Crippen molar-refractivity contribution in [1.29, 1.82) is 0 Å². The minimum absolute atomic E-state index is 0.209. The van der Waals surface area contributed by atoms with E-state index in [4.69, 9.17) is 11.6 Å². The summed E-state index contributed by atoms with van der Waals surface area (Å²) in [6.45, 7) is 0. The van der Waals surface area contributed by atoms with Crippen LogP contribution in [0.1, 0.15) is 47.1 Å². The summed E-state index contributed by atoms with van der Waals surface area (Å²) in [5.41, 5.74) is 2.38. The zero-order chi connectivity index (χ0) is 22.0. The summed E-state index contributed by atoms with van der Waals surface area (Å²) in [5.74, 6) is 0.0302. The molecule has 1 aromatic heterocycles. The molecule has 3 aromatic rings. The molecule has 1 heterocycles. The Morgan fingerprint density at radius 3 is 2.61 bits per heavy atom. The molecule has 0 radical (unpaired) electrons. The zero-order valence-corrected chi connectivity index (χ0v) is 18.5. The van der Waals surface area contributed by atoms with E-state index in [1.54, 1.807) is 18.5 Å². The summed E-state index contributed by atoms with van der Waals surface area (Å²) in [4.78, 5) is 12.8. The number of carbonyl (C=O) groups is 1. The number of nitrogens with zero attached hydrogens (tertiary/aromatic N) is 2. The fraction of sp³-hybridized carbons (Fsp3) is 0.273. The van der Waals surface area contributed by atoms with Gasteiger partial charge in [-0.15, -0.1) is 0 Å². The normalized spacial score (nSPS) is 18.6. The van der Waals surface area contributed by atoms with Crippen LogP contribution in [-0.2, 0) is 10.0 Å². The second-order valence-corrected chi connectivity index (χ2v) is 9.97. The van der Waals surface area contributed by atoms with E-state index < -0.39 is 10.0 Å². The molecule has 1 aliphatic carbocycles. The molecule has 4 rings (SSSR count). The lowest BCUT2D eigenvalue weighted by Gasteiger charge is -2.20. The van der Waals surface area contributed by atoms with Gasteiger partial charge in [0.25, 0.3) is 5.91 Å². The van der Waals surface area contributed by atoms with E-state index >= 15 is 0 Å². The number of sulfonamides is 1. The Kier molecular flexibility index (Phi) is 6.02. The van der Waals surface area contributed by atoms with Crippen LogP contribution >= 0.6 is 11.6 Å². The maximum Gasteiger partial charge on any atom is 0.258 e. The number of hydrogen-bond acceptors (Lipinski definition) is 4. The molecule has 0 saturated heterocycles. The Balaban J connectivity index is 1.50. The number of nitrogens with one attached hydrogen (secondary N) is 2. The molecule has 0 aliphatic heterocycles. The molecule has 1 saturated carbocycles. The van der Waals surface area contributed by atoms with Gasteiger partial charge in [-0.2, -0.15) is 5.10 Å². The van der Waals surface area contributed by atoms with Crippen molar-refractivity contribution >= 4 is 38.9 Å². The summed E-state index contributed by atoms with van der Waals surface area (Å²) in [6.07, 6.45) is 7.58. The Labute approximate surface area is 186 Å². The predicted octanol–water partition coefficient (Wildman–Crippen LogP) is 4.67. The van der Waals surface area contributed by atoms with Gasteiger partial charge < -0.3 is 5.32 Å². The van der Waals surface area contributed by atoms with E-state index in [-0.39, 0.29) is 17.6 Å². The first kappa shape index (κ1) is 21.4. The molecule has 2 unspecified atom stereocenters. The van der Waals surface area contributed by atoms with Gasteiger partial charge in [-0.1, -0.05) is 48.4 Å². The van der Waals surface area contributed by atoms with E-state index in [0.29, 0.717) is 22.2 Å². The number of hydrogen-bond donors (Lipinski definition) is 2. The standard InChI is InChI=1S/C22H23ClN4O3S/c1-31(29,30)26-19-11-17(23)10-18(12-19)25-22(28)16-13-24-27(14-16)21-9-5-8-20(21)15-6-3-2-4-7-15/h2-4,6-7,10-14,20-21,26H,5,8-9H2,1H3,(H,25,28). The molecule has 0 spiro atoms. The minimum Gasteiger partial charge on any atom is -0.322 e. The third-order valence-corrected chi connectivity index (χ3v) is 6.19. The summed E-state index contributed by atoms with van der Waals surface area (Å²) < 4.78 is 27.2. The zero-order valence-electron chi connectivity index (χ0n) is 17.0. The van der Waals surface area contributed by atoms with Crippen molar-refractivity contribution in [3.63, 3.8) is 0 Å². The number of amides is 1. The van der Waals surface area contributed by atoms with E-state index in [0.717, 1.165) is 25.5 Å². The fourth-order valence-electron chi connectivity index (χ4n) is 4.12. The molecule has 31 heavy (non-hydrogen) atoms. The van der Waals surface area contributed by atoms with Gasteiger partial charge in [0.2, 0.25) is 10.0 Å². The average molecular weight is 459 g/mol. The second kappa shape index (κ2) is 8.72. The molecule has 2 atom stereocenters. The number of aromatic nitrogens is 2. The predicted molar refractivity (Wildman–Crippen MR) is 122 cm³/mol. The summed E-state index contributed by atoms with van der Waals surface area (Å²) in [5, 5.41) is 7.52. The quantitative estimate of drug-likeness (QED) is 0.561. The highest BCUT2D eigenvalue weighted by molar-refractivity contribution is 7.92. The molecule has 2 aromatic carbocycles. The number of anilines is 2. The van der Waals surface area contributed by atoms with Crippen LogP contribution in [0.25, 0.3) is 0 Å². The van der Waals surface area contributed by atoms with Crippen LogP contribution in [0, 0.1) is 0 Å². The molecule has 2 N–H and O–H groups in total. The molecule has 7 nitrogen and oxygen atoms in total. The first-order chi connectivity index (χ1) is 14.8. The molecule has 162 valence electrons. The number of rotatable bonds is 6. The molecule has 9 heteroatoms. The molecular weight excluding hydrogens is 436 g/mol. The molecule has 0 bridgehead atoms. The second-order valence-electron chi connectivity index (χ2n) is 7.78. The Hall–Kier alpha value is -2.84. The van der Waals surface area contributed by atoms with Crippen LogP contribution < -0.4 is 10.0 Å². The number of benzene rings is 2. The van der Waals surface area contributed by atoms with Crippen LogP contribution in [0.15, 0.2) is 60.9 Å². The minimum atomic E-state index is -3.46. The highest BCUT2D eigenvalue weighted by Crippen LogP contribution is 2.42. The van der Waals surface area contributed by atoms with Gasteiger partial charge in [0.1, 0.15) is 0 Å². The van der Waals surface area contributed by atoms with Gasteiger partial charge in [-0.05, 0) is 36.6 Å². The molecular formula is C22H23ClN4O3S. The number of halogens is 1. The van der Waals surface area contributed by atoms with E-state index in [1.165, 1.54) is 17.7 Å². The van der Waals surface area contributed by atoms with Gasteiger partial charge >= 0.3 is 0 Å². The summed E-state index contributed by atoms with van der Waals surface area (Å²) in [7, 11) is -3.46. The summed E-state index contributed by atoms with van der Waals surface area (Å²) >= 11 is 6.07. The lowest BCUT2D eigenvalue weighted by Crippen LogP contribution is -2.14. The monoisotopic (exact) mass is 458 g/mol. The average Bonchev–Trinajstić information content (AvgIpc) is 3.36. The maximum atomic E-state index is 12.8.